The molecule has 0 bridgehead atoms. The van der Waals surface area contributed by atoms with Gasteiger partial charge in [-0.05, 0) is 18.2 Å². The van der Waals surface area contributed by atoms with Gasteiger partial charge in [0.15, 0.2) is 0 Å². The SMILES string of the molecule is CN(Cc1ccccn1)C(=O)c1ccnc(F)c1. The third kappa shape index (κ3) is 2.88. The summed E-state index contributed by atoms with van der Waals surface area (Å²) in [5, 5.41) is 0. The minimum Gasteiger partial charge on any atom is -0.336 e. The molecule has 2 aromatic heterocycles. The lowest BCUT2D eigenvalue weighted by molar-refractivity contribution is 0.0782. The number of carbonyl (C=O) groups excluding carboxylic acids is 1. The normalized spacial score (nSPS) is 10.1. The molecule has 92 valence electrons. The molecule has 0 spiro atoms. The highest BCUT2D eigenvalue weighted by Gasteiger charge is 2.13. The molecule has 18 heavy (non-hydrogen) atoms. The molecule has 0 unspecified atom stereocenters. The van der Waals surface area contributed by atoms with Crippen LogP contribution in [0.1, 0.15) is 16.1 Å². The van der Waals surface area contributed by atoms with Crippen molar-refractivity contribution in [3.63, 3.8) is 0 Å². The Morgan fingerprint density at radius 3 is 2.78 bits per heavy atom. The van der Waals surface area contributed by atoms with E-state index in [4.69, 9.17) is 0 Å². The third-order valence-electron chi connectivity index (χ3n) is 2.45. The minimum absolute atomic E-state index is 0.262. The van der Waals surface area contributed by atoms with Crippen molar-refractivity contribution in [2.75, 3.05) is 7.05 Å². The van der Waals surface area contributed by atoms with E-state index < -0.39 is 5.95 Å². The van der Waals surface area contributed by atoms with Crippen molar-refractivity contribution in [1.29, 1.82) is 0 Å². The second-order valence-corrected chi connectivity index (χ2v) is 3.85. The van der Waals surface area contributed by atoms with Gasteiger partial charge < -0.3 is 4.90 Å². The summed E-state index contributed by atoms with van der Waals surface area (Å²) in [5.74, 6) is -0.922. The first-order valence-electron chi connectivity index (χ1n) is 5.44. The van der Waals surface area contributed by atoms with Gasteiger partial charge in [-0.15, -0.1) is 0 Å². The van der Waals surface area contributed by atoms with E-state index in [1.807, 2.05) is 18.2 Å². The molecule has 0 fully saturated rings. The monoisotopic (exact) mass is 245 g/mol. The van der Waals surface area contributed by atoms with E-state index in [0.717, 1.165) is 11.8 Å². The molecule has 0 aromatic carbocycles. The Morgan fingerprint density at radius 2 is 2.11 bits per heavy atom. The highest BCUT2D eigenvalue weighted by molar-refractivity contribution is 5.93. The first-order valence-corrected chi connectivity index (χ1v) is 5.44. The summed E-state index contributed by atoms with van der Waals surface area (Å²) in [6, 6.07) is 8.10. The average Bonchev–Trinajstić information content (AvgIpc) is 2.39. The Morgan fingerprint density at radius 1 is 1.28 bits per heavy atom. The van der Waals surface area contributed by atoms with Gasteiger partial charge >= 0.3 is 0 Å². The molecule has 0 aliphatic carbocycles. The zero-order valence-corrected chi connectivity index (χ0v) is 9.88. The molecule has 0 aliphatic rings. The summed E-state index contributed by atoms with van der Waals surface area (Å²) in [5.41, 5.74) is 1.06. The maximum absolute atomic E-state index is 12.9. The van der Waals surface area contributed by atoms with Gasteiger partial charge in [0.1, 0.15) is 0 Å². The standard InChI is InChI=1S/C13H12FN3O/c1-17(9-11-4-2-3-6-15-11)13(18)10-5-7-16-12(14)8-10/h2-8H,9H2,1H3. The van der Waals surface area contributed by atoms with E-state index in [1.54, 1.807) is 13.2 Å². The van der Waals surface area contributed by atoms with E-state index in [2.05, 4.69) is 9.97 Å². The van der Waals surface area contributed by atoms with Crippen LogP contribution in [0.3, 0.4) is 0 Å². The third-order valence-corrected chi connectivity index (χ3v) is 2.45. The average molecular weight is 245 g/mol. The van der Waals surface area contributed by atoms with Crippen LogP contribution in [0.5, 0.6) is 0 Å². The smallest absolute Gasteiger partial charge is 0.254 e. The number of hydrogen-bond acceptors (Lipinski definition) is 3. The quantitative estimate of drug-likeness (QED) is 0.776. The van der Waals surface area contributed by atoms with Crippen LogP contribution in [0.2, 0.25) is 0 Å². The maximum atomic E-state index is 12.9. The minimum atomic E-state index is -0.660. The molecule has 0 aliphatic heterocycles. The van der Waals surface area contributed by atoms with E-state index in [1.165, 1.54) is 17.2 Å². The Labute approximate surface area is 104 Å². The lowest BCUT2D eigenvalue weighted by Gasteiger charge is -2.16. The van der Waals surface area contributed by atoms with Crippen LogP contribution in [0.4, 0.5) is 4.39 Å². The predicted octanol–water partition coefficient (Wildman–Crippen LogP) is 1.89. The molecule has 2 heterocycles. The number of carbonyl (C=O) groups is 1. The fourth-order valence-electron chi connectivity index (χ4n) is 1.56. The summed E-state index contributed by atoms with van der Waals surface area (Å²) in [4.78, 5) is 21.0. The van der Waals surface area contributed by atoms with Crippen molar-refractivity contribution in [3.05, 3.63) is 59.9 Å². The molecule has 0 saturated carbocycles. The number of aromatic nitrogens is 2. The first-order chi connectivity index (χ1) is 8.66. The van der Waals surface area contributed by atoms with E-state index in [-0.39, 0.29) is 11.5 Å². The number of halogens is 1. The van der Waals surface area contributed by atoms with Crippen molar-refractivity contribution in [2.24, 2.45) is 0 Å². The van der Waals surface area contributed by atoms with Crippen LogP contribution in [0, 0.1) is 5.95 Å². The van der Waals surface area contributed by atoms with E-state index >= 15 is 0 Å². The molecule has 0 N–H and O–H groups in total. The van der Waals surface area contributed by atoms with Gasteiger partial charge in [-0.1, -0.05) is 6.07 Å². The predicted molar refractivity (Wildman–Crippen MR) is 64.2 cm³/mol. The van der Waals surface area contributed by atoms with Crippen LogP contribution in [-0.4, -0.2) is 27.8 Å². The first kappa shape index (κ1) is 12.2. The van der Waals surface area contributed by atoms with Gasteiger partial charge in [0.25, 0.3) is 5.91 Å². The largest absolute Gasteiger partial charge is 0.336 e. The van der Waals surface area contributed by atoms with Gasteiger partial charge in [0, 0.05) is 31.1 Å². The second kappa shape index (κ2) is 5.35. The number of amides is 1. The molecular formula is C13H12FN3O. The fourth-order valence-corrected chi connectivity index (χ4v) is 1.56. The molecule has 0 atom stereocenters. The number of nitrogens with zero attached hydrogens (tertiary/aromatic N) is 3. The van der Waals surface area contributed by atoms with Crippen LogP contribution in [-0.2, 0) is 6.54 Å². The summed E-state index contributed by atoms with van der Waals surface area (Å²) in [6.07, 6.45) is 2.94. The number of pyridine rings is 2. The van der Waals surface area contributed by atoms with Crippen LogP contribution in [0.15, 0.2) is 42.7 Å². The summed E-state index contributed by atoms with van der Waals surface area (Å²) < 4.78 is 12.9. The van der Waals surface area contributed by atoms with Crippen molar-refractivity contribution >= 4 is 5.91 Å². The van der Waals surface area contributed by atoms with Crippen molar-refractivity contribution < 1.29 is 9.18 Å². The lowest BCUT2D eigenvalue weighted by Crippen LogP contribution is -2.26. The zero-order valence-electron chi connectivity index (χ0n) is 9.88. The Balaban J connectivity index is 2.10. The van der Waals surface area contributed by atoms with Crippen molar-refractivity contribution in [2.45, 2.75) is 6.54 Å². The Hall–Kier alpha value is -2.30. The Kier molecular flexibility index (Phi) is 3.62. The van der Waals surface area contributed by atoms with Gasteiger partial charge in [0.2, 0.25) is 5.95 Å². The molecule has 2 rings (SSSR count). The molecule has 2 aromatic rings. The van der Waals surface area contributed by atoms with Gasteiger partial charge in [0.05, 0.1) is 12.2 Å². The molecular weight excluding hydrogens is 233 g/mol. The fraction of sp³-hybridized carbons (Fsp3) is 0.154. The second-order valence-electron chi connectivity index (χ2n) is 3.85. The summed E-state index contributed by atoms with van der Waals surface area (Å²) in [6.45, 7) is 0.379. The molecule has 1 amide bonds. The van der Waals surface area contributed by atoms with Gasteiger partial charge in [-0.2, -0.15) is 4.39 Å². The summed E-state index contributed by atoms with van der Waals surface area (Å²) in [7, 11) is 1.65. The topological polar surface area (TPSA) is 46.1 Å². The molecule has 0 saturated heterocycles. The van der Waals surface area contributed by atoms with Gasteiger partial charge in [-0.25, -0.2) is 4.98 Å². The molecule has 5 heteroatoms. The van der Waals surface area contributed by atoms with Crippen LogP contribution >= 0.6 is 0 Å². The zero-order chi connectivity index (χ0) is 13.0. The highest BCUT2D eigenvalue weighted by atomic mass is 19.1. The molecule has 4 nitrogen and oxygen atoms in total. The van der Waals surface area contributed by atoms with E-state index in [9.17, 15) is 9.18 Å². The van der Waals surface area contributed by atoms with Gasteiger partial charge in [-0.3, -0.25) is 9.78 Å². The van der Waals surface area contributed by atoms with Crippen LogP contribution in [0.25, 0.3) is 0 Å². The van der Waals surface area contributed by atoms with Crippen molar-refractivity contribution in [1.82, 2.24) is 14.9 Å². The maximum Gasteiger partial charge on any atom is 0.254 e. The van der Waals surface area contributed by atoms with E-state index in [0.29, 0.717) is 6.54 Å². The number of hydrogen-bond donors (Lipinski definition) is 0. The Bertz CT molecular complexity index is 545. The highest BCUT2D eigenvalue weighted by Crippen LogP contribution is 2.07. The van der Waals surface area contributed by atoms with Crippen molar-refractivity contribution in [3.8, 4) is 0 Å². The number of rotatable bonds is 3. The molecule has 0 radical (unpaired) electrons. The lowest BCUT2D eigenvalue weighted by atomic mass is 10.2. The summed E-state index contributed by atoms with van der Waals surface area (Å²) >= 11 is 0. The van der Waals surface area contributed by atoms with Crippen LogP contribution < -0.4 is 0 Å².